The number of phenols is 1. The second kappa shape index (κ2) is 4.56. The quantitative estimate of drug-likeness (QED) is 0.826. The highest BCUT2D eigenvalue weighted by atomic mass is 16.4. The predicted molar refractivity (Wildman–Crippen MR) is 62.6 cm³/mol. The van der Waals surface area contributed by atoms with Gasteiger partial charge in [-0.25, -0.2) is 0 Å². The first-order valence-corrected chi connectivity index (χ1v) is 5.32. The lowest BCUT2D eigenvalue weighted by Gasteiger charge is -2.30. The van der Waals surface area contributed by atoms with E-state index in [1.165, 1.54) is 0 Å². The first-order valence-electron chi connectivity index (χ1n) is 5.32. The van der Waals surface area contributed by atoms with Crippen LogP contribution >= 0.6 is 0 Å². The van der Waals surface area contributed by atoms with Crippen LogP contribution in [0.3, 0.4) is 0 Å². The van der Waals surface area contributed by atoms with Gasteiger partial charge in [-0.2, -0.15) is 0 Å². The summed E-state index contributed by atoms with van der Waals surface area (Å²) in [4.78, 5) is 10.9. The summed E-state index contributed by atoms with van der Waals surface area (Å²) in [6, 6.07) is 6.93. The van der Waals surface area contributed by atoms with Gasteiger partial charge in [-0.3, -0.25) is 4.79 Å². The maximum Gasteiger partial charge on any atom is 0.303 e. The van der Waals surface area contributed by atoms with Crippen LogP contribution in [0.4, 0.5) is 0 Å². The van der Waals surface area contributed by atoms with Crippen molar-refractivity contribution in [2.45, 2.75) is 33.1 Å². The Morgan fingerprint density at radius 1 is 1.31 bits per heavy atom. The topological polar surface area (TPSA) is 57.5 Å². The number of para-hydroxylation sites is 1. The Labute approximate surface area is 95.7 Å². The van der Waals surface area contributed by atoms with E-state index in [1.807, 2.05) is 26.8 Å². The Balaban J connectivity index is 3.12. The minimum atomic E-state index is -0.844. The molecular weight excluding hydrogens is 204 g/mol. The summed E-state index contributed by atoms with van der Waals surface area (Å²) < 4.78 is 0. The fourth-order valence-electron chi connectivity index (χ4n) is 1.84. The van der Waals surface area contributed by atoms with Gasteiger partial charge in [0.25, 0.3) is 0 Å². The molecule has 0 fully saturated rings. The molecule has 0 aliphatic heterocycles. The molecule has 1 aromatic rings. The van der Waals surface area contributed by atoms with Gasteiger partial charge in [0.15, 0.2) is 0 Å². The van der Waals surface area contributed by atoms with E-state index in [1.54, 1.807) is 18.2 Å². The third kappa shape index (κ3) is 2.99. The Hall–Kier alpha value is -1.51. The Morgan fingerprint density at radius 3 is 2.31 bits per heavy atom. The van der Waals surface area contributed by atoms with Crippen molar-refractivity contribution in [3.05, 3.63) is 29.8 Å². The smallest absolute Gasteiger partial charge is 0.303 e. The SMILES string of the molecule is CC(C)(C)C(CC(=O)O)c1ccccc1O. The molecule has 16 heavy (non-hydrogen) atoms. The predicted octanol–water partition coefficient (Wildman–Crippen LogP) is 3.00. The Kier molecular flexibility index (Phi) is 3.58. The van der Waals surface area contributed by atoms with Crippen LogP contribution in [0.5, 0.6) is 5.75 Å². The van der Waals surface area contributed by atoms with Crippen molar-refractivity contribution < 1.29 is 15.0 Å². The minimum Gasteiger partial charge on any atom is -0.508 e. The Morgan fingerprint density at radius 2 is 1.88 bits per heavy atom. The van der Waals surface area contributed by atoms with E-state index in [9.17, 15) is 9.90 Å². The lowest BCUT2D eigenvalue weighted by Crippen LogP contribution is -2.21. The molecular formula is C13H18O3. The molecule has 0 bridgehead atoms. The standard InChI is InChI=1S/C13H18O3/c1-13(2,3)10(8-12(15)16)9-6-4-5-7-11(9)14/h4-7,10,14H,8H2,1-3H3,(H,15,16). The van der Waals surface area contributed by atoms with Crippen molar-refractivity contribution >= 4 is 5.97 Å². The number of aromatic hydroxyl groups is 1. The monoisotopic (exact) mass is 222 g/mol. The molecule has 0 aromatic heterocycles. The first kappa shape index (κ1) is 12.6. The molecule has 0 spiro atoms. The molecule has 0 radical (unpaired) electrons. The third-order valence-corrected chi connectivity index (χ3v) is 2.74. The van der Waals surface area contributed by atoms with Crippen LogP contribution in [-0.4, -0.2) is 16.2 Å². The zero-order valence-electron chi connectivity index (χ0n) is 9.90. The normalized spacial score (nSPS) is 13.4. The number of phenolic OH excluding ortho intramolecular Hbond substituents is 1. The van der Waals surface area contributed by atoms with Crippen LogP contribution in [0, 0.1) is 5.41 Å². The molecule has 0 amide bonds. The molecule has 3 nitrogen and oxygen atoms in total. The van der Waals surface area contributed by atoms with Gasteiger partial charge in [0, 0.05) is 5.92 Å². The lowest BCUT2D eigenvalue weighted by molar-refractivity contribution is -0.138. The zero-order chi connectivity index (χ0) is 12.3. The van der Waals surface area contributed by atoms with Gasteiger partial charge < -0.3 is 10.2 Å². The lowest BCUT2D eigenvalue weighted by atomic mass is 9.74. The summed E-state index contributed by atoms with van der Waals surface area (Å²) in [6.45, 7) is 5.94. The molecule has 0 aliphatic rings. The van der Waals surface area contributed by atoms with Crippen molar-refractivity contribution in [2.24, 2.45) is 5.41 Å². The van der Waals surface area contributed by atoms with Crippen LogP contribution in [0.2, 0.25) is 0 Å². The molecule has 1 unspecified atom stereocenters. The van der Waals surface area contributed by atoms with Crippen LogP contribution in [-0.2, 0) is 4.79 Å². The molecule has 1 aromatic carbocycles. The molecule has 0 saturated carbocycles. The van der Waals surface area contributed by atoms with Crippen molar-refractivity contribution in [1.29, 1.82) is 0 Å². The first-order chi connectivity index (χ1) is 7.32. The summed E-state index contributed by atoms with van der Waals surface area (Å²) in [6.07, 6.45) is 0.0288. The van der Waals surface area contributed by atoms with E-state index < -0.39 is 5.97 Å². The van der Waals surface area contributed by atoms with Crippen LogP contribution in [0.15, 0.2) is 24.3 Å². The van der Waals surface area contributed by atoms with Gasteiger partial charge in [0.05, 0.1) is 6.42 Å². The van der Waals surface area contributed by atoms with E-state index in [2.05, 4.69) is 0 Å². The van der Waals surface area contributed by atoms with Crippen LogP contribution in [0.1, 0.15) is 38.7 Å². The summed E-state index contributed by atoms with van der Waals surface area (Å²) in [5.41, 5.74) is 0.509. The molecule has 0 aliphatic carbocycles. The summed E-state index contributed by atoms with van der Waals surface area (Å²) in [7, 11) is 0. The van der Waals surface area contributed by atoms with E-state index >= 15 is 0 Å². The molecule has 1 rings (SSSR count). The third-order valence-electron chi connectivity index (χ3n) is 2.74. The minimum absolute atomic E-state index is 0.0288. The maximum absolute atomic E-state index is 10.9. The summed E-state index contributed by atoms with van der Waals surface area (Å²) in [5.74, 6) is -0.863. The summed E-state index contributed by atoms with van der Waals surface area (Å²) in [5, 5.41) is 18.7. The van der Waals surface area contributed by atoms with Crippen LogP contribution in [0.25, 0.3) is 0 Å². The summed E-state index contributed by atoms with van der Waals surface area (Å²) >= 11 is 0. The van der Waals surface area contributed by atoms with Gasteiger partial charge in [-0.15, -0.1) is 0 Å². The van der Waals surface area contributed by atoms with E-state index in [0.717, 1.165) is 0 Å². The molecule has 0 heterocycles. The number of rotatable bonds is 3. The molecule has 88 valence electrons. The van der Waals surface area contributed by atoms with Crippen LogP contribution < -0.4 is 0 Å². The number of carboxylic acids is 1. The highest BCUT2D eigenvalue weighted by Crippen LogP contribution is 2.41. The largest absolute Gasteiger partial charge is 0.508 e. The zero-order valence-corrected chi connectivity index (χ0v) is 9.90. The average molecular weight is 222 g/mol. The molecule has 0 saturated heterocycles. The van der Waals surface area contributed by atoms with Crippen molar-refractivity contribution in [3.8, 4) is 5.75 Å². The maximum atomic E-state index is 10.9. The number of hydrogen-bond donors (Lipinski definition) is 2. The highest BCUT2D eigenvalue weighted by Gasteiger charge is 2.30. The van der Waals surface area contributed by atoms with Gasteiger partial charge >= 0.3 is 5.97 Å². The second-order valence-corrected chi connectivity index (χ2v) is 5.08. The Bertz CT molecular complexity index is 377. The fraction of sp³-hybridized carbons (Fsp3) is 0.462. The average Bonchev–Trinajstić information content (AvgIpc) is 2.13. The number of aliphatic carboxylic acids is 1. The molecule has 2 N–H and O–H groups in total. The van der Waals surface area contributed by atoms with E-state index in [-0.39, 0.29) is 23.5 Å². The number of carbonyl (C=O) groups is 1. The number of benzene rings is 1. The fourth-order valence-corrected chi connectivity index (χ4v) is 1.84. The van der Waals surface area contributed by atoms with Crippen molar-refractivity contribution in [1.82, 2.24) is 0 Å². The van der Waals surface area contributed by atoms with Crippen molar-refractivity contribution in [3.63, 3.8) is 0 Å². The number of carboxylic acid groups (broad SMARTS) is 1. The van der Waals surface area contributed by atoms with Gasteiger partial charge in [0.2, 0.25) is 0 Å². The van der Waals surface area contributed by atoms with E-state index in [4.69, 9.17) is 5.11 Å². The molecule has 3 heteroatoms. The van der Waals surface area contributed by atoms with Gasteiger partial charge in [-0.1, -0.05) is 39.0 Å². The second-order valence-electron chi connectivity index (χ2n) is 5.08. The van der Waals surface area contributed by atoms with Crippen molar-refractivity contribution in [2.75, 3.05) is 0 Å². The number of hydrogen-bond acceptors (Lipinski definition) is 2. The molecule has 1 atom stereocenters. The van der Waals surface area contributed by atoms with Gasteiger partial charge in [-0.05, 0) is 17.0 Å². The highest BCUT2D eigenvalue weighted by molar-refractivity contribution is 5.68. The van der Waals surface area contributed by atoms with Gasteiger partial charge in [0.1, 0.15) is 5.75 Å². The van der Waals surface area contributed by atoms with E-state index in [0.29, 0.717) is 5.56 Å².